The molecule has 3 atom stereocenters. The maximum Gasteiger partial charge on any atom is 0.0577 e. The monoisotopic (exact) mass is 114 g/mol. The van der Waals surface area contributed by atoms with Gasteiger partial charge in [-0.15, -0.1) is 0 Å². The van der Waals surface area contributed by atoms with Crippen LogP contribution in [0.5, 0.6) is 0 Å². The van der Waals surface area contributed by atoms with Gasteiger partial charge in [0.2, 0.25) is 0 Å². The Kier molecular flexibility index (Phi) is 1.57. The van der Waals surface area contributed by atoms with Gasteiger partial charge in [0, 0.05) is 0 Å². The van der Waals surface area contributed by atoms with Crippen molar-refractivity contribution in [3.8, 4) is 0 Å². The fraction of sp³-hybridized carbons (Fsp3) is 1.00. The Morgan fingerprint density at radius 1 is 1.25 bits per heavy atom. The van der Waals surface area contributed by atoms with Crippen LogP contribution < -0.4 is 0 Å². The lowest BCUT2D eigenvalue weighted by Crippen LogP contribution is -2.06. The molecule has 1 heteroatoms. The fourth-order valence-electron chi connectivity index (χ4n) is 1.27. The third kappa shape index (κ3) is 1.03. The number of hydrogen-bond acceptors (Lipinski definition) is 1. The highest BCUT2D eigenvalue weighted by atomic mass is 16.5. The van der Waals surface area contributed by atoms with Crippen molar-refractivity contribution in [2.75, 3.05) is 0 Å². The van der Waals surface area contributed by atoms with Gasteiger partial charge in [-0.25, -0.2) is 0 Å². The van der Waals surface area contributed by atoms with Crippen LogP contribution in [0.1, 0.15) is 27.2 Å². The van der Waals surface area contributed by atoms with Crippen LogP contribution in [0.25, 0.3) is 0 Å². The van der Waals surface area contributed by atoms with E-state index in [9.17, 15) is 0 Å². The summed E-state index contributed by atoms with van der Waals surface area (Å²) in [5.41, 5.74) is 0. The van der Waals surface area contributed by atoms with E-state index in [1.807, 2.05) is 0 Å². The van der Waals surface area contributed by atoms with E-state index in [0.29, 0.717) is 12.2 Å². The van der Waals surface area contributed by atoms with E-state index in [-0.39, 0.29) is 0 Å². The highest BCUT2D eigenvalue weighted by Crippen LogP contribution is 2.24. The first-order valence-electron chi connectivity index (χ1n) is 3.35. The first kappa shape index (κ1) is 6.09. The summed E-state index contributed by atoms with van der Waals surface area (Å²) in [5.74, 6) is 0.769. The van der Waals surface area contributed by atoms with Gasteiger partial charge in [-0.3, -0.25) is 0 Å². The fourth-order valence-corrected chi connectivity index (χ4v) is 1.27. The topological polar surface area (TPSA) is 9.23 Å². The molecule has 1 saturated heterocycles. The van der Waals surface area contributed by atoms with Crippen molar-refractivity contribution in [3.63, 3.8) is 0 Å². The van der Waals surface area contributed by atoms with Gasteiger partial charge < -0.3 is 4.74 Å². The molecule has 0 aliphatic carbocycles. The molecule has 1 aliphatic heterocycles. The van der Waals surface area contributed by atoms with Crippen molar-refractivity contribution in [2.24, 2.45) is 5.92 Å². The lowest BCUT2D eigenvalue weighted by atomic mass is 10.0. The van der Waals surface area contributed by atoms with Crippen LogP contribution in [-0.4, -0.2) is 12.2 Å². The molecular formula is C7H14O. The molecule has 8 heavy (non-hydrogen) atoms. The summed E-state index contributed by atoms with van der Waals surface area (Å²) in [7, 11) is 0. The largest absolute Gasteiger partial charge is 0.375 e. The van der Waals surface area contributed by atoms with Gasteiger partial charge in [0.05, 0.1) is 12.2 Å². The molecule has 1 nitrogen and oxygen atoms in total. The van der Waals surface area contributed by atoms with E-state index in [1.165, 1.54) is 6.42 Å². The summed E-state index contributed by atoms with van der Waals surface area (Å²) in [5, 5.41) is 0. The molecule has 0 saturated carbocycles. The lowest BCUT2D eigenvalue weighted by Gasteiger charge is -2.05. The minimum atomic E-state index is 0.491. The molecule has 1 rings (SSSR count). The summed E-state index contributed by atoms with van der Waals surface area (Å²) in [6, 6.07) is 0. The van der Waals surface area contributed by atoms with Gasteiger partial charge in [0.1, 0.15) is 0 Å². The van der Waals surface area contributed by atoms with Crippen molar-refractivity contribution in [2.45, 2.75) is 39.4 Å². The van der Waals surface area contributed by atoms with Crippen molar-refractivity contribution in [1.82, 2.24) is 0 Å². The summed E-state index contributed by atoms with van der Waals surface area (Å²) in [4.78, 5) is 0. The highest BCUT2D eigenvalue weighted by molar-refractivity contribution is 4.72. The summed E-state index contributed by atoms with van der Waals surface area (Å²) >= 11 is 0. The van der Waals surface area contributed by atoms with E-state index in [2.05, 4.69) is 20.8 Å². The third-order valence-electron chi connectivity index (χ3n) is 1.95. The molecule has 0 aromatic heterocycles. The molecule has 0 radical (unpaired) electrons. The SMILES string of the molecule is C[C@H]1C[C@H](C)[C@@H](C)O1. The Morgan fingerprint density at radius 2 is 1.88 bits per heavy atom. The van der Waals surface area contributed by atoms with Crippen molar-refractivity contribution < 1.29 is 4.74 Å². The summed E-state index contributed by atoms with van der Waals surface area (Å²) < 4.78 is 5.47. The van der Waals surface area contributed by atoms with Crippen molar-refractivity contribution in [3.05, 3.63) is 0 Å². The molecule has 1 aliphatic rings. The zero-order valence-corrected chi connectivity index (χ0v) is 5.85. The van der Waals surface area contributed by atoms with Crippen LogP contribution in [0, 0.1) is 5.92 Å². The standard InChI is InChI=1S/C7H14O/c1-5-4-6(2)8-7(5)3/h5-7H,4H2,1-3H3/t5-,6-,7+/m0/s1. The van der Waals surface area contributed by atoms with Crippen LogP contribution in [-0.2, 0) is 4.74 Å². The van der Waals surface area contributed by atoms with Gasteiger partial charge in [0.15, 0.2) is 0 Å². The van der Waals surface area contributed by atoms with Crippen molar-refractivity contribution >= 4 is 0 Å². The second-order valence-corrected chi connectivity index (χ2v) is 2.86. The summed E-state index contributed by atoms with van der Waals surface area (Å²) in [6.45, 7) is 6.53. The van der Waals surface area contributed by atoms with Crippen LogP contribution >= 0.6 is 0 Å². The molecule has 0 aromatic carbocycles. The Morgan fingerprint density at radius 3 is 2.00 bits per heavy atom. The van der Waals surface area contributed by atoms with E-state index < -0.39 is 0 Å². The molecule has 1 fully saturated rings. The highest BCUT2D eigenvalue weighted by Gasteiger charge is 2.24. The van der Waals surface area contributed by atoms with E-state index in [4.69, 9.17) is 4.74 Å². The maximum atomic E-state index is 5.47. The Balaban J connectivity index is 2.39. The number of ether oxygens (including phenoxy) is 1. The second kappa shape index (κ2) is 2.06. The number of hydrogen-bond donors (Lipinski definition) is 0. The predicted octanol–water partition coefficient (Wildman–Crippen LogP) is 1.82. The second-order valence-electron chi connectivity index (χ2n) is 2.86. The first-order valence-corrected chi connectivity index (χ1v) is 3.35. The summed E-state index contributed by atoms with van der Waals surface area (Å²) in [6.07, 6.45) is 2.23. The molecule has 0 spiro atoms. The zero-order valence-electron chi connectivity index (χ0n) is 5.85. The Bertz CT molecular complexity index is 70.5. The average Bonchev–Trinajstić information content (AvgIpc) is 1.85. The number of rotatable bonds is 0. The maximum absolute atomic E-state index is 5.47. The molecule has 48 valence electrons. The molecular weight excluding hydrogens is 100 g/mol. The van der Waals surface area contributed by atoms with Crippen LogP contribution in [0.3, 0.4) is 0 Å². The van der Waals surface area contributed by atoms with E-state index >= 15 is 0 Å². The molecule has 0 unspecified atom stereocenters. The smallest absolute Gasteiger partial charge is 0.0577 e. The molecule has 0 aromatic rings. The molecule has 1 heterocycles. The lowest BCUT2D eigenvalue weighted by molar-refractivity contribution is 0.0580. The zero-order chi connectivity index (χ0) is 6.15. The molecule has 0 amide bonds. The third-order valence-corrected chi connectivity index (χ3v) is 1.95. The van der Waals surface area contributed by atoms with Crippen LogP contribution in [0.4, 0.5) is 0 Å². The minimum absolute atomic E-state index is 0.491. The van der Waals surface area contributed by atoms with Gasteiger partial charge >= 0.3 is 0 Å². The first-order chi connectivity index (χ1) is 3.70. The normalized spacial score (nSPS) is 47.6. The van der Waals surface area contributed by atoms with Gasteiger partial charge in [-0.05, 0) is 26.2 Å². The van der Waals surface area contributed by atoms with Crippen LogP contribution in [0.2, 0.25) is 0 Å². The molecule has 0 bridgehead atoms. The van der Waals surface area contributed by atoms with Gasteiger partial charge in [-0.2, -0.15) is 0 Å². The van der Waals surface area contributed by atoms with Crippen molar-refractivity contribution in [1.29, 1.82) is 0 Å². The Labute approximate surface area is 51.0 Å². The average molecular weight is 114 g/mol. The van der Waals surface area contributed by atoms with E-state index in [1.54, 1.807) is 0 Å². The molecule has 0 N–H and O–H groups in total. The van der Waals surface area contributed by atoms with E-state index in [0.717, 1.165) is 5.92 Å². The van der Waals surface area contributed by atoms with Crippen LogP contribution in [0.15, 0.2) is 0 Å². The quantitative estimate of drug-likeness (QED) is 0.466. The minimum Gasteiger partial charge on any atom is -0.375 e. The van der Waals surface area contributed by atoms with Gasteiger partial charge in [0.25, 0.3) is 0 Å². The van der Waals surface area contributed by atoms with Gasteiger partial charge in [-0.1, -0.05) is 6.92 Å². The Hall–Kier alpha value is -0.0400. The predicted molar refractivity (Wildman–Crippen MR) is 33.8 cm³/mol.